The largest absolute Gasteiger partial charge is 0.444 e. The summed E-state index contributed by atoms with van der Waals surface area (Å²) in [4.78, 5) is 13.5. The molecule has 0 bridgehead atoms. The molecule has 1 saturated carbocycles. The first kappa shape index (κ1) is 16.6. The fraction of sp³-hybridized carbons (Fsp3) is 0.917. The Morgan fingerprint density at radius 1 is 1.32 bits per heavy atom. The maximum absolute atomic E-state index is 12.1. The van der Waals surface area contributed by atoms with Crippen molar-refractivity contribution >= 4 is 25.8 Å². The van der Waals surface area contributed by atoms with E-state index >= 15 is 0 Å². The molecule has 0 saturated heterocycles. The minimum absolute atomic E-state index is 0.225. The maximum atomic E-state index is 12.1. The molecule has 1 rings (SSSR count). The van der Waals surface area contributed by atoms with Crippen LogP contribution in [0.5, 0.6) is 0 Å². The summed E-state index contributed by atoms with van der Waals surface area (Å²) in [5.41, 5.74) is -1.34. The van der Waals surface area contributed by atoms with Crippen molar-refractivity contribution in [3.63, 3.8) is 0 Å². The van der Waals surface area contributed by atoms with Gasteiger partial charge in [-0.3, -0.25) is 0 Å². The second-order valence-corrected chi connectivity index (χ2v) is 8.93. The van der Waals surface area contributed by atoms with Gasteiger partial charge >= 0.3 is 6.09 Å². The van der Waals surface area contributed by atoms with Crippen molar-refractivity contribution in [1.29, 1.82) is 0 Å². The van der Waals surface area contributed by atoms with E-state index in [4.69, 9.17) is 15.4 Å². The average Bonchev–Trinajstić information content (AvgIpc) is 2.60. The molecule has 0 N–H and O–H groups in total. The lowest BCUT2D eigenvalue weighted by molar-refractivity contribution is 0.00986. The van der Waals surface area contributed by atoms with E-state index in [1.54, 1.807) is 27.8 Å². The highest BCUT2D eigenvalue weighted by atomic mass is 35.7. The molecule has 7 heteroatoms. The summed E-state index contributed by atoms with van der Waals surface area (Å²) < 4.78 is 28.1. The topological polar surface area (TPSA) is 63.7 Å². The molecule has 0 aromatic rings. The number of ether oxygens (including phenoxy) is 1. The first-order valence-electron chi connectivity index (χ1n) is 6.34. The fourth-order valence-corrected chi connectivity index (χ4v) is 4.19. The van der Waals surface area contributed by atoms with Crippen LogP contribution in [0.25, 0.3) is 0 Å². The lowest BCUT2D eigenvalue weighted by Gasteiger charge is -2.38. The monoisotopic (exact) mass is 311 g/mol. The van der Waals surface area contributed by atoms with Crippen molar-refractivity contribution in [3.8, 4) is 0 Å². The third kappa shape index (κ3) is 4.84. The molecule has 112 valence electrons. The van der Waals surface area contributed by atoms with Gasteiger partial charge in [-0.2, -0.15) is 0 Å². The number of carbonyl (C=O) groups is 1. The molecular weight excluding hydrogens is 290 g/mol. The van der Waals surface area contributed by atoms with Crippen LogP contribution in [0, 0.1) is 0 Å². The van der Waals surface area contributed by atoms with E-state index in [2.05, 4.69) is 0 Å². The van der Waals surface area contributed by atoms with E-state index in [0.29, 0.717) is 12.8 Å². The molecule has 0 atom stereocenters. The van der Waals surface area contributed by atoms with Gasteiger partial charge < -0.3 is 9.64 Å². The Balaban J connectivity index is 2.90. The van der Waals surface area contributed by atoms with Crippen molar-refractivity contribution in [3.05, 3.63) is 0 Å². The molecule has 1 amide bonds. The molecule has 5 nitrogen and oxygen atoms in total. The zero-order chi connectivity index (χ0) is 14.9. The third-order valence-corrected chi connectivity index (χ3v) is 4.56. The van der Waals surface area contributed by atoms with E-state index < -0.39 is 26.3 Å². The van der Waals surface area contributed by atoms with Crippen molar-refractivity contribution in [1.82, 2.24) is 4.90 Å². The number of hydrogen-bond acceptors (Lipinski definition) is 4. The smallest absolute Gasteiger partial charge is 0.410 e. The summed E-state index contributed by atoms with van der Waals surface area (Å²) in [6, 6.07) is 0. The van der Waals surface area contributed by atoms with E-state index in [0.717, 1.165) is 12.8 Å². The minimum atomic E-state index is -3.67. The lowest BCUT2D eigenvalue weighted by atomic mass is 9.99. The number of rotatable bonds is 3. The quantitative estimate of drug-likeness (QED) is 0.752. The SMILES string of the molecule is CN(C(=O)OC(C)(C)C)C1(CS(=O)(=O)Cl)CCCC1. The standard InChI is InChI=1S/C12H22ClNO4S/c1-11(2,3)18-10(15)14(4)12(7-5-6-8-12)9-19(13,16)17/h5-9H2,1-4H3. The molecule has 0 radical (unpaired) electrons. The summed E-state index contributed by atoms with van der Waals surface area (Å²) in [6.07, 6.45) is 2.54. The van der Waals surface area contributed by atoms with Crippen LogP contribution in [-0.4, -0.2) is 43.4 Å². The average molecular weight is 312 g/mol. The van der Waals surface area contributed by atoms with Crippen LogP contribution in [-0.2, 0) is 13.8 Å². The minimum Gasteiger partial charge on any atom is -0.444 e. The molecule has 0 heterocycles. The Bertz CT molecular complexity index is 435. The van der Waals surface area contributed by atoms with Crippen molar-refractivity contribution in [2.45, 2.75) is 57.6 Å². The van der Waals surface area contributed by atoms with Gasteiger partial charge in [-0.15, -0.1) is 0 Å². The predicted octanol–water partition coefficient (Wildman–Crippen LogP) is 2.73. The first-order valence-corrected chi connectivity index (χ1v) is 8.82. The highest BCUT2D eigenvalue weighted by Crippen LogP contribution is 2.37. The number of carbonyl (C=O) groups excluding carboxylic acids is 1. The summed E-state index contributed by atoms with van der Waals surface area (Å²) in [5.74, 6) is -0.225. The maximum Gasteiger partial charge on any atom is 0.410 e. The third-order valence-electron chi connectivity index (χ3n) is 3.35. The van der Waals surface area contributed by atoms with Gasteiger partial charge in [0.05, 0.1) is 11.3 Å². The van der Waals surface area contributed by atoms with Gasteiger partial charge in [0.15, 0.2) is 0 Å². The van der Waals surface area contributed by atoms with E-state index in [-0.39, 0.29) is 5.75 Å². The Kier molecular flexibility index (Phi) is 4.78. The summed E-state index contributed by atoms with van der Waals surface area (Å²) in [7, 11) is 3.30. The van der Waals surface area contributed by atoms with Crippen molar-refractivity contribution in [2.24, 2.45) is 0 Å². The highest BCUT2D eigenvalue weighted by molar-refractivity contribution is 8.13. The number of nitrogens with zero attached hydrogens (tertiary/aromatic N) is 1. The zero-order valence-corrected chi connectivity index (χ0v) is 13.5. The normalized spacial score (nSPS) is 19.2. The molecule has 0 aromatic heterocycles. The summed E-state index contributed by atoms with van der Waals surface area (Å²) >= 11 is 0. The number of amides is 1. The van der Waals surface area contributed by atoms with Gasteiger partial charge in [0.2, 0.25) is 9.05 Å². The Hall–Kier alpha value is -0.490. The Labute approximate surface area is 119 Å². The molecule has 1 fully saturated rings. The summed E-state index contributed by atoms with van der Waals surface area (Å²) in [6.45, 7) is 5.33. The van der Waals surface area contributed by atoms with Crippen molar-refractivity contribution < 1.29 is 17.9 Å². The van der Waals surface area contributed by atoms with Gasteiger partial charge in [0.25, 0.3) is 0 Å². The Morgan fingerprint density at radius 2 is 1.79 bits per heavy atom. The Morgan fingerprint density at radius 3 is 2.16 bits per heavy atom. The molecule has 0 aliphatic heterocycles. The molecule has 19 heavy (non-hydrogen) atoms. The van der Waals surface area contributed by atoms with Gasteiger partial charge in [-0.05, 0) is 33.6 Å². The van der Waals surface area contributed by atoms with Crippen LogP contribution in [0.15, 0.2) is 0 Å². The second-order valence-electron chi connectivity index (χ2n) is 6.15. The van der Waals surface area contributed by atoms with Crippen molar-refractivity contribution in [2.75, 3.05) is 12.8 Å². The van der Waals surface area contributed by atoms with Crippen LogP contribution < -0.4 is 0 Å². The first-order chi connectivity index (χ1) is 8.45. The van der Waals surface area contributed by atoms with Crippen LogP contribution in [0.4, 0.5) is 4.79 Å². The summed E-state index contributed by atoms with van der Waals surface area (Å²) in [5, 5.41) is 0. The van der Waals surface area contributed by atoms with Crippen LogP contribution in [0.2, 0.25) is 0 Å². The van der Waals surface area contributed by atoms with Crippen LogP contribution in [0.1, 0.15) is 46.5 Å². The predicted molar refractivity (Wildman–Crippen MR) is 74.8 cm³/mol. The van der Waals surface area contributed by atoms with E-state index in [1.165, 1.54) is 4.90 Å². The van der Waals surface area contributed by atoms with Crippen LogP contribution in [0.3, 0.4) is 0 Å². The molecule has 0 unspecified atom stereocenters. The number of hydrogen-bond donors (Lipinski definition) is 0. The van der Waals surface area contributed by atoms with Gasteiger partial charge in [0, 0.05) is 17.7 Å². The van der Waals surface area contributed by atoms with E-state index in [9.17, 15) is 13.2 Å². The van der Waals surface area contributed by atoms with Gasteiger partial charge in [-0.1, -0.05) is 12.8 Å². The zero-order valence-electron chi connectivity index (χ0n) is 11.9. The molecule has 1 aliphatic carbocycles. The van der Waals surface area contributed by atoms with Gasteiger partial charge in [-0.25, -0.2) is 13.2 Å². The van der Waals surface area contributed by atoms with Gasteiger partial charge in [0.1, 0.15) is 5.60 Å². The van der Waals surface area contributed by atoms with E-state index in [1.807, 2.05) is 0 Å². The highest BCUT2D eigenvalue weighted by Gasteiger charge is 2.44. The fourth-order valence-electron chi connectivity index (χ4n) is 2.45. The number of halogens is 1. The molecule has 1 aliphatic rings. The molecular formula is C12H22ClNO4S. The molecule has 0 aromatic carbocycles. The lowest BCUT2D eigenvalue weighted by Crippen LogP contribution is -2.52. The second kappa shape index (κ2) is 5.48. The molecule has 0 spiro atoms. The van der Waals surface area contributed by atoms with Crippen LogP contribution >= 0.6 is 10.7 Å².